The molecule has 1 aromatic carbocycles. The zero-order valence-corrected chi connectivity index (χ0v) is 13.7. The summed E-state index contributed by atoms with van der Waals surface area (Å²) >= 11 is 2.53. The second-order valence-electron chi connectivity index (χ2n) is 4.51. The van der Waals surface area contributed by atoms with E-state index in [2.05, 4.69) is 9.97 Å². The molecule has 1 N–H and O–H groups in total. The fourth-order valence-corrected chi connectivity index (χ4v) is 3.83. The third-order valence-electron chi connectivity index (χ3n) is 3.03. The minimum Gasteiger partial charge on any atom is -0.496 e. The minimum absolute atomic E-state index is 0.223. The first kappa shape index (κ1) is 15.5. The highest BCUT2D eigenvalue weighted by Crippen LogP contribution is 2.35. The predicted molar refractivity (Wildman–Crippen MR) is 89.4 cm³/mol. The van der Waals surface area contributed by atoms with Gasteiger partial charge in [-0.25, -0.2) is 9.78 Å². The van der Waals surface area contributed by atoms with Gasteiger partial charge in [0.2, 0.25) is 0 Å². The summed E-state index contributed by atoms with van der Waals surface area (Å²) in [5.41, 5.74) is 1.89. The van der Waals surface area contributed by atoms with Gasteiger partial charge in [-0.1, -0.05) is 30.0 Å². The number of methoxy groups -OCH3 is 1. The van der Waals surface area contributed by atoms with E-state index < -0.39 is 5.97 Å². The normalized spacial score (nSPS) is 10.5. The third-order valence-corrected chi connectivity index (χ3v) is 5.05. The second kappa shape index (κ2) is 6.80. The molecule has 0 radical (unpaired) electrons. The molecule has 0 amide bonds. The summed E-state index contributed by atoms with van der Waals surface area (Å²) in [6.07, 6.45) is 4.87. The smallest absolute Gasteiger partial charge is 0.347 e. The number of thiazole rings is 1. The van der Waals surface area contributed by atoms with Crippen LogP contribution in [0.2, 0.25) is 0 Å². The molecule has 0 saturated carbocycles. The molecule has 2 heterocycles. The van der Waals surface area contributed by atoms with Gasteiger partial charge < -0.3 is 9.84 Å². The van der Waals surface area contributed by atoms with Crippen molar-refractivity contribution in [2.24, 2.45) is 0 Å². The van der Waals surface area contributed by atoms with E-state index in [1.165, 1.54) is 18.0 Å². The lowest BCUT2D eigenvalue weighted by molar-refractivity contribution is 0.0702. The number of rotatable bonds is 5. The lowest BCUT2D eigenvalue weighted by Crippen LogP contribution is -1.89. The first-order valence-electron chi connectivity index (χ1n) is 6.63. The number of nitrogens with zero attached hydrogens (tertiary/aromatic N) is 2. The van der Waals surface area contributed by atoms with Crippen LogP contribution in [0.25, 0.3) is 11.1 Å². The molecule has 0 aliphatic carbocycles. The van der Waals surface area contributed by atoms with E-state index >= 15 is 0 Å². The molecule has 0 bridgehead atoms. The number of hydrogen-bond donors (Lipinski definition) is 1. The first-order chi connectivity index (χ1) is 11.2. The molecule has 0 unspecified atom stereocenters. The van der Waals surface area contributed by atoms with Gasteiger partial charge in [-0.3, -0.25) is 4.98 Å². The Hall–Kier alpha value is -2.38. The number of carboxylic acids is 1. The fraction of sp³-hybridized carbons (Fsp3) is 0.0625. The van der Waals surface area contributed by atoms with Crippen LogP contribution in [0.15, 0.2) is 58.2 Å². The summed E-state index contributed by atoms with van der Waals surface area (Å²) in [4.78, 5) is 20.4. The fourth-order valence-electron chi connectivity index (χ4n) is 2.01. The Morgan fingerprint density at radius 1 is 1.26 bits per heavy atom. The third kappa shape index (κ3) is 3.52. The number of carboxylic acid groups (broad SMARTS) is 1. The molecule has 3 rings (SSSR count). The van der Waals surface area contributed by atoms with Crippen LogP contribution in [0.3, 0.4) is 0 Å². The van der Waals surface area contributed by atoms with Crippen molar-refractivity contribution in [2.75, 3.05) is 7.11 Å². The molecule has 0 atom stereocenters. The molecule has 0 aliphatic heterocycles. The Kier molecular flexibility index (Phi) is 4.59. The predicted octanol–water partition coefficient (Wildman–Crippen LogP) is 4.06. The SMILES string of the molecule is COc1ccccc1-c1cncc(Sc2ncc(C(=O)O)s2)c1. The second-order valence-corrected chi connectivity index (χ2v) is 6.86. The van der Waals surface area contributed by atoms with Crippen molar-refractivity contribution < 1.29 is 14.6 Å². The number of ether oxygens (including phenoxy) is 1. The summed E-state index contributed by atoms with van der Waals surface area (Å²) in [6.45, 7) is 0. The van der Waals surface area contributed by atoms with Crippen LogP contribution in [0.5, 0.6) is 5.75 Å². The van der Waals surface area contributed by atoms with Crippen molar-refractivity contribution in [3.63, 3.8) is 0 Å². The number of aromatic carboxylic acids is 1. The molecule has 0 aliphatic rings. The Morgan fingerprint density at radius 2 is 2.09 bits per heavy atom. The molecule has 0 fully saturated rings. The number of pyridine rings is 1. The van der Waals surface area contributed by atoms with Gasteiger partial charge in [0.05, 0.1) is 13.3 Å². The number of carbonyl (C=O) groups is 1. The molecule has 23 heavy (non-hydrogen) atoms. The molecule has 2 aromatic heterocycles. The molecular formula is C16H12N2O3S2. The van der Waals surface area contributed by atoms with E-state index in [-0.39, 0.29) is 4.88 Å². The van der Waals surface area contributed by atoms with Crippen LogP contribution in [0.4, 0.5) is 0 Å². The van der Waals surface area contributed by atoms with Crippen LogP contribution in [-0.4, -0.2) is 28.2 Å². The molecule has 7 heteroatoms. The molecule has 0 saturated heterocycles. The Bertz CT molecular complexity index is 849. The molecule has 3 aromatic rings. The van der Waals surface area contributed by atoms with E-state index in [0.29, 0.717) is 4.34 Å². The topological polar surface area (TPSA) is 72.3 Å². The van der Waals surface area contributed by atoms with Gasteiger partial charge in [-0.2, -0.15) is 0 Å². The van der Waals surface area contributed by atoms with Gasteiger partial charge >= 0.3 is 5.97 Å². The van der Waals surface area contributed by atoms with Gasteiger partial charge in [0, 0.05) is 28.4 Å². The van der Waals surface area contributed by atoms with Crippen molar-refractivity contribution in [1.29, 1.82) is 0 Å². The van der Waals surface area contributed by atoms with E-state index in [1.54, 1.807) is 19.5 Å². The summed E-state index contributed by atoms with van der Waals surface area (Å²) < 4.78 is 6.05. The number of para-hydroxylation sites is 1. The largest absolute Gasteiger partial charge is 0.496 e. The van der Waals surface area contributed by atoms with Gasteiger partial charge in [-0.15, -0.1) is 11.3 Å². The van der Waals surface area contributed by atoms with Gasteiger partial charge in [0.25, 0.3) is 0 Å². The number of benzene rings is 1. The minimum atomic E-state index is -0.963. The molecule has 0 spiro atoms. The van der Waals surface area contributed by atoms with E-state index in [9.17, 15) is 4.79 Å². The van der Waals surface area contributed by atoms with Crippen molar-refractivity contribution in [2.45, 2.75) is 9.24 Å². The Balaban J connectivity index is 1.89. The maximum absolute atomic E-state index is 10.9. The molecular weight excluding hydrogens is 332 g/mol. The average molecular weight is 344 g/mol. The number of hydrogen-bond acceptors (Lipinski definition) is 6. The lowest BCUT2D eigenvalue weighted by atomic mass is 10.1. The van der Waals surface area contributed by atoms with Crippen molar-refractivity contribution in [3.05, 3.63) is 53.8 Å². The highest BCUT2D eigenvalue weighted by atomic mass is 32.2. The summed E-state index contributed by atoms with van der Waals surface area (Å²) in [5.74, 6) is -0.186. The van der Waals surface area contributed by atoms with Crippen molar-refractivity contribution in [3.8, 4) is 16.9 Å². The summed E-state index contributed by atoms with van der Waals surface area (Å²) in [6, 6.07) is 9.71. The maximum atomic E-state index is 10.9. The summed E-state index contributed by atoms with van der Waals surface area (Å²) in [5, 5.41) is 8.95. The zero-order valence-electron chi connectivity index (χ0n) is 12.1. The molecule has 5 nitrogen and oxygen atoms in total. The average Bonchev–Trinajstić information content (AvgIpc) is 3.04. The number of aromatic nitrogens is 2. The van der Waals surface area contributed by atoms with Gasteiger partial charge in [0.1, 0.15) is 10.6 Å². The summed E-state index contributed by atoms with van der Waals surface area (Å²) in [7, 11) is 1.63. The lowest BCUT2D eigenvalue weighted by Gasteiger charge is -2.08. The van der Waals surface area contributed by atoms with Crippen LogP contribution < -0.4 is 4.74 Å². The Morgan fingerprint density at radius 3 is 2.83 bits per heavy atom. The Labute approximate surface area is 141 Å². The first-order valence-corrected chi connectivity index (χ1v) is 8.26. The zero-order chi connectivity index (χ0) is 16.2. The van der Waals surface area contributed by atoms with E-state index in [1.807, 2.05) is 30.3 Å². The van der Waals surface area contributed by atoms with E-state index in [4.69, 9.17) is 9.84 Å². The van der Waals surface area contributed by atoms with Crippen LogP contribution in [-0.2, 0) is 0 Å². The highest BCUT2D eigenvalue weighted by molar-refractivity contribution is 8.01. The van der Waals surface area contributed by atoms with Gasteiger partial charge in [0.15, 0.2) is 4.34 Å². The van der Waals surface area contributed by atoms with Crippen LogP contribution >= 0.6 is 23.1 Å². The van der Waals surface area contributed by atoms with Crippen molar-refractivity contribution in [1.82, 2.24) is 9.97 Å². The quantitative estimate of drug-likeness (QED) is 0.752. The van der Waals surface area contributed by atoms with E-state index in [0.717, 1.165) is 33.1 Å². The van der Waals surface area contributed by atoms with Gasteiger partial charge in [-0.05, 0) is 12.1 Å². The van der Waals surface area contributed by atoms with Crippen LogP contribution in [0, 0.1) is 0 Å². The molecule has 116 valence electrons. The van der Waals surface area contributed by atoms with Crippen LogP contribution in [0.1, 0.15) is 9.67 Å². The maximum Gasteiger partial charge on any atom is 0.347 e. The highest BCUT2D eigenvalue weighted by Gasteiger charge is 2.11. The monoisotopic (exact) mass is 344 g/mol. The standard InChI is InChI=1S/C16H12N2O3S2/c1-21-13-5-3-2-4-12(13)10-6-11(8-17-7-10)22-16-18-9-14(23-16)15(19)20/h2-9H,1H3,(H,19,20). The van der Waals surface area contributed by atoms with Crippen molar-refractivity contribution >= 4 is 29.1 Å².